The van der Waals surface area contributed by atoms with Gasteiger partial charge in [-0.3, -0.25) is 4.79 Å². The summed E-state index contributed by atoms with van der Waals surface area (Å²) in [5.41, 5.74) is 0.770. The summed E-state index contributed by atoms with van der Waals surface area (Å²) in [6.45, 7) is 2.58. The van der Waals surface area contributed by atoms with Crippen LogP contribution in [0.15, 0.2) is 36.7 Å². The monoisotopic (exact) mass is 272 g/mol. The number of ether oxygens (including phenoxy) is 2. The minimum atomic E-state index is -0.211. The Kier molecular flexibility index (Phi) is 4.65. The molecule has 20 heavy (non-hydrogen) atoms. The molecule has 0 saturated heterocycles. The van der Waals surface area contributed by atoms with Crippen LogP contribution >= 0.6 is 0 Å². The lowest BCUT2D eigenvalue weighted by Gasteiger charge is -2.09. The molecule has 0 aliphatic heterocycles. The van der Waals surface area contributed by atoms with Gasteiger partial charge in [-0.25, -0.2) is 9.97 Å². The number of para-hydroxylation sites is 1. The molecule has 0 N–H and O–H groups in total. The Morgan fingerprint density at radius 3 is 2.80 bits per heavy atom. The number of hydrogen-bond acceptors (Lipinski definition) is 5. The molecule has 0 atom stereocenters. The predicted molar refractivity (Wildman–Crippen MR) is 74.2 cm³/mol. The van der Waals surface area contributed by atoms with Gasteiger partial charge in [-0.05, 0) is 18.6 Å². The van der Waals surface area contributed by atoms with E-state index in [1.54, 1.807) is 18.2 Å². The van der Waals surface area contributed by atoms with Crippen LogP contribution in [0.5, 0.6) is 11.6 Å². The van der Waals surface area contributed by atoms with Gasteiger partial charge in [-0.2, -0.15) is 0 Å². The molecule has 0 spiro atoms. The maximum Gasteiger partial charge on any atom is 0.216 e. The Morgan fingerprint density at radius 2 is 2.05 bits per heavy atom. The lowest BCUT2D eigenvalue weighted by Crippen LogP contribution is -2.08. The van der Waals surface area contributed by atoms with Crippen LogP contribution < -0.4 is 9.47 Å². The molecule has 0 radical (unpaired) electrons. The molecule has 5 heteroatoms. The van der Waals surface area contributed by atoms with Crippen molar-refractivity contribution in [2.75, 3.05) is 13.7 Å². The molecule has 0 saturated carbocycles. The van der Waals surface area contributed by atoms with Crippen LogP contribution in [0.25, 0.3) is 0 Å². The second-order valence-electron chi connectivity index (χ2n) is 4.12. The summed E-state index contributed by atoms with van der Waals surface area (Å²) in [4.78, 5) is 20.4. The number of hydrogen-bond donors (Lipinski definition) is 0. The van der Waals surface area contributed by atoms with E-state index in [2.05, 4.69) is 9.97 Å². The molecule has 0 aliphatic carbocycles. The van der Waals surface area contributed by atoms with Gasteiger partial charge in [0.15, 0.2) is 0 Å². The summed E-state index contributed by atoms with van der Waals surface area (Å²) in [5.74, 6) is 0.713. The normalized spacial score (nSPS) is 10.1. The Labute approximate surface area is 117 Å². The number of aromatic nitrogens is 2. The molecule has 5 nitrogen and oxygen atoms in total. The van der Waals surface area contributed by atoms with Gasteiger partial charge in [-0.15, -0.1) is 0 Å². The topological polar surface area (TPSA) is 61.3 Å². The largest absolute Gasteiger partial charge is 0.493 e. The van der Waals surface area contributed by atoms with Gasteiger partial charge in [0.2, 0.25) is 11.7 Å². The van der Waals surface area contributed by atoms with Crippen molar-refractivity contribution in [1.29, 1.82) is 0 Å². The van der Waals surface area contributed by atoms with Crippen molar-refractivity contribution in [3.05, 3.63) is 47.9 Å². The fourth-order valence-corrected chi connectivity index (χ4v) is 1.71. The first kappa shape index (κ1) is 14.0. The highest BCUT2D eigenvalue weighted by Crippen LogP contribution is 2.21. The van der Waals surface area contributed by atoms with E-state index in [9.17, 15) is 4.79 Å². The third-order valence-corrected chi connectivity index (χ3v) is 2.68. The van der Waals surface area contributed by atoms with Crippen LogP contribution in [0, 0.1) is 0 Å². The van der Waals surface area contributed by atoms with Crippen LogP contribution in [0.4, 0.5) is 0 Å². The van der Waals surface area contributed by atoms with E-state index in [0.29, 0.717) is 23.8 Å². The first-order valence-corrected chi connectivity index (χ1v) is 6.38. The summed E-state index contributed by atoms with van der Waals surface area (Å²) in [6, 6.07) is 8.65. The molecule has 0 fully saturated rings. The van der Waals surface area contributed by atoms with E-state index in [4.69, 9.17) is 9.47 Å². The Balaban J connectivity index is 2.32. The molecule has 0 aliphatic rings. The molecule has 2 rings (SSSR count). The van der Waals surface area contributed by atoms with Crippen molar-refractivity contribution >= 4 is 5.78 Å². The molecule has 0 unspecified atom stereocenters. The van der Waals surface area contributed by atoms with Crippen LogP contribution in [0.2, 0.25) is 0 Å². The first-order chi connectivity index (χ1) is 9.76. The average Bonchev–Trinajstić information content (AvgIpc) is 2.52. The predicted octanol–water partition coefficient (Wildman–Crippen LogP) is 2.51. The van der Waals surface area contributed by atoms with Gasteiger partial charge in [0.1, 0.15) is 17.8 Å². The van der Waals surface area contributed by atoms with Gasteiger partial charge in [0.05, 0.1) is 19.3 Å². The van der Waals surface area contributed by atoms with E-state index in [-0.39, 0.29) is 11.5 Å². The molecular formula is C15H16N2O3. The van der Waals surface area contributed by atoms with Gasteiger partial charge < -0.3 is 9.47 Å². The molecule has 104 valence electrons. The lowest BCUT2D eigenvalue weighted by molar-refractivity contribution is 0.102. The minimum Gasteiger partial charge on any atom is -0.493 e. The molecule has 1 aromatic carbocycles. The second-order valence-corrected chi connectivity index (χ2v) is 4.12. The summed E-state index contributed by atoms with van der Waals surface area (Å²) in [7, 11) is 1.49. The van der Waals surface area contributed by atoms with Gasteiger partial charge in [-0.1, -0.05) is 19.1 Å². The van der Waals surface area contributed by atoms with Crippen LogP contribution in [-0.4, -0.2) is 29.5 Å². The van der Waals surface area contributed by atoms with Crippen LogP contribution in [0.1, 0.15) is 29.4 Å². The Bertz CT molecular complexity index is 599. The fourth-order valence-electron chi connectivity index (χ4n) is 1.71. The molecule has 0 bridgehead atoms. The summed E-state index contributed by atoms with van der Waals surface area (Å²) in [5, 5.41) is 0. The second kappa shape index (κ2) is 6.65. The van der Waals surface area contributed by atoms with Crippen molar-refractivity contribution in [3.63, 3.8) is 0 Å². The number of carbonyl (C=O) groups excluding carboxylic acids is 1. The summed E-state index contributed by atoms with van der Waals surface area (Å²) < 4.78 is 10.6. The highest BCUT2D eigenvalue weighted by atomic mass is 16.5. The third-order valence-electron chi connectivity index (χ3n) is 2.68. The van der Waals surface area contributed by atoms with Crippen LogP contribution in [-0.2, 0) is 0 Å². The van der Waals surface area contributed by atoms with Gasteiger partial charge in [0, 0.05) is 6.07 Å². The minimum absolute atomic E-state index is 0.211. The number of benzene rings is 1. The maximum atomic E-state index is 12.5. The molecule has 2 aromatic rings. The van der Waals surface area contributed by atoms with Crippen molar-refractivity contribution in [1.82, 2.24) is 9.97 Å². The summed E-state index contributed by atoms with van der Waals surface area (Å²) in [6.07, 6.45) is 2.19. The van der Waals surface area contributed by atoms with Crippen molar-refractivity contribution in [2.45, 2.75) is 13.3 Å². The average molecular weight is 272 g/mol. The standard InChI is InChI=1S/C15H16N2O3/c1-3-8-20-13-7-5-4-6-11(13)15(18)12-9-14(19-2)17-10-16-12/h4-7,9-10H,3,8H2,1-2H3. The number of rotatable bonds is 6. The third kappa shape index (κ3) is 3.12. The zero-order valence-corrected chi connectivity index (χ0v) is 11.5. The van der Waals surface area contributed by atoms with Gasteiger partial charge in [0.25, 0.3) is 0 Å². The Morgan fingerprint density at radius 1 is 1.25 bits per heavy atom. The quantitative estimate of drug-likeness (QED) is 0.756. The number of carbonyl (C=O) groups is 1. The highest BCUT2D eigenvalue weighted by Gasteiger charge is 2.16. The molecule has 1 aromatic heterocycles. The zero-order chi connectivity index (χ0) is 14.4. The van der Waals surface area contributed by atoms with Crippen molar-refractivity contribution in [2.24, 2.45) is 0 Å². The molecule has 0 amide bonds. The number of nitrogens with zero attached hydrogens (tertiary/aromatic N) is 2. The SMILES string of the molecule is CCCOc1ccccc1C(=O)c1cc(OC)ncn1. The van der Waals surface area contributed by atoms with Crippen LogP contribution in [0.3, 0.4) is 0 Å². The van der Waals surface area contributed by atoms with E-state index >= 15 is 0 Å². The molecular weight excluding hydrogens is 256 g/mol. The van der Waals surface area contributed by atoms with Crippen molar-refractivity contribution in [3.8, 4) is 11.6 Å². The van der Waals surface area contributed by atoms with Crippen molar-refractivity contribution < 1.29 is 14.3 Å². The smallest absolute Gasteiger partial charge is 0.216 e. The highest BCUT2D eigenvalue weighted by molar-refractivity contribution is 6.09. The summed E-state index contributed by atoms with van der Waals surface area (Å²) >= 11 is 0. The lowest BCUT2D eigenvalue weighted by atomic mass is 10.1. The van der Waals surface area contributed by atoms with E-state index in [0.717, 1.165) is 6.42 Å². The maximum absolute atomic E-state index is 12.5. The number of methoxy groups -OCH3 is 1. The Hall–Kier alpha value is -2.43. The van der Waals surface area contributed by atoms with E-state index < -0.39 is 0 Å². The zero-order valence-electron chi connectivity index (χ0n) is 11.5. The van der Waals surface area contributed by atoms with E-state index in [1.807, 2.05) is 13.0 Å². The first-order valence-electron chi connectivity index (χ1n) is 6.38. The molecule has 1 heterocycles. The fraction of sp³-hybridized carbons (Fsp3) is 0.267. The van der Waals surface area contributed by atoms with E-state index in [1.165, 1.54) is 19.5 Å². The van der Waals surface area contributed by atoms with Gasteiger partial charge >= 0.3 is 0 Å². The number of ketones is 1.